The molecule has 0 aromatic heterocycles. The van der Waals surface area contributed by atoms with E-state index in [-0.39, 0.29) is 19.3 Å². The first-order valence-electron chi connectivity index (χ1n) is 6.49. The van der Waals surface area contributed by atoms with E-state index in [1.165, 1.54) is 21.3 Å². The van der Waals surface area contributed by atoms with E-state index < -0.39 is 39.9 Å². The Kier molecular flexibility index (Phi) is 9.36. The van der Waals surface area contributed by atoms with E-state index in [4.69, 9.17) is 23.5 Å². The van der Waals surface area contributed by atoms with Gasteiger partial charge in [-0.25, -0.2) is 4.79 Å². The zero-order valence-electron chi connectivity index (χ0n) is 13.2. The maximum Gasteiger partial charge on any atom is 0.501 e. The second kappa shape index (κ2) is 10.1. The van der Waals surface area contributed by atoms with E-state index in [9.17, 15) is 19.5 Å². The van der Waals surface area contributed by atoms with E-state index in [0.29, 0.717) is 0 Å². The van der Waals surface area contributed by atoms with Crippen molar-refractivity contribution in [1.29, 1.82) is 0 Å². The molecule has 0 aromatic rings. The summed E-state index contributed by atoms with van der Waals surface area (Å²) in [6.07, 6.45) is -1.32. The number of hydrogen-bond acceptors (Lipinski definition) is 7. The Bertz CT molecular complexity index is 392. The van der Waals surface area contributed by atoms with Gasteiger partial charge in [0.05, 0.1) is 19.8 Å². The van der Waals surface area contributed by atoms with Gasteiger partial charge in [0.15, 0.2) is 0 Å². The molecule has 0 heterocycles. The fraction of sp³-hybridized carbons (Fsp3) is 0.727. The Morgan fingerprint density at radius 3 is 1.65 bits per heavy atom. The lowest BCUT2D eigenvalue weighted by Gasteiger charge is -2.30. The van der Waals surface area contributed by atoms with Gasteiger partial charge in [0, 0.05) is 33.9 Å². The summed E-state index contributed by atoms with van der Waals surface area (Å²) in [6, 6.07) is 0.136. The largest absolute Gasteiger partial charge is 0.501 e. The molecule has 0 radical (unpaired) electrons. The van der Waals surface area contributed by atoms with Crippen molar-refractivity contribution in [3.8, 4) is 0 Å². The van der Waals surface area contributed by atoms with Crippen LogP contribution < -0.4 is 0 Å². The van der Waals surface area contributed by atoms with Crippen LogP contribution in [0.5, 0.6) is 0 Å². The van der Waals surface area contributed by atoms with Crippen molar-refractivity contribution in [2.24, 2.45) is 0 Å². The quantitative estimate of drug-likeness (QED) is 0.303. The van der Waals surface area contributed by atoms with Crippen molar-refractivity contribution < 1.29 is 43.0 Å². The highest BCUT2D eigenvalue weighted by atomic mass is 28.4. The minimum absolute atomic E-state index is 0.0627. The molecule has 23 heavy (non-hydrogen) atoms. The molecule has 1 amide bonds. The molecule has 0 saturated heterocycles. The first-order chi connectivity index (χ1) is 10.7. The minimum Gasteiger partial charge on any atom is -0.480 e. The standard InChI is InChI=1S/C11H22N2O9Si/c1-20-23(21-2,22-3)5-4-13(11(18)19)8-12(6-9(14)15)7-10(16)17/h4-8H2,1-3H3,(H,14,15)(H,16,17)(H,18,19). The van der Waals surface area contributed by atoms with Crippen LogP contribution in [0.2, 0.25) is 6.04 Å². The van der Waals surface area contributed by atoms with Gasteiger partial charge < -0.3 is 28.6 Å². The molecule has 134 valence electrons. The molecule has 0 spiro atoms. The highest BCUT2D eigenvalue weighted by Crippen LogP contribution is 2.13. The Labute approximate surface area is 134 Å². The summed E-state index contributed by atoms with van der Waals surface area (Å²) in [4.78, 5) is 34.6. The van der Waals surface area contributed by atoms with E-state index in [0.717, 1.165) is 9.80 Å². The molecular formula is C11H22N2O9Si. The zero-order chi connectivity index (χ0) is 18.0. The van der Waals surface area contributed by atoms with Gasteiger partial charge in [0.25, 0.3) is 0 Å². The van der Waals surface area contributed by atoms with Crippen molar-refractivity contribution in [2.75, 3.05) is 47.6 Å². The molecule has 0 bridgehead atoms. The van der Waals surface area contributed by atoms with Crippen LogP contribution >= 0.6 is 0 Å². The third kappa shape index (κ3) is 7.90. The van der Waals surface area contributed by atoms with Crippen molar-refractivity contribution in [3.05, 3.63) is 0 Å². The van der Waals surface area contributed by atoms with Gasteiger partial charge in [0.2, 0.25) is 0 Å². The number of carboxylic acids is 2. The maximum atomic E-state index is 11.3. The van der Waals surface area contributed by atoms with Crippen LogP contribution in [-0.2, 0) is 22.9 Å². The zero-order valence-corrected chi connectivity index (χ0v) is 14.2. The maximum absolute atomic E-state index is 11.3. The Hall–Kier alpha value is -1.73. The fourth-order valence-corrected chi connectivity index (χ4v) is 3.49. The number of aliphatic carboxylic acids is 2. The normalized spacial score (nSPS) is 11.5. The summed E-state index contributed by atoms with van der Waals surface area (Å²) in [5.41, 5.74) is 0. The molecule has 3 N–H and O–H groups in total. The van der Waals surface area contributed by atoms with Crippen LogP contribution in [0.25, 0.3) is 0 Å². The van der Waals surface area contributed by atoms with Gasteiger partial charge in [-0.2, -0.15) is 0 Å². The summed E-state index contributed by atoms with van der Waals surface area (Å²) in [5.74, 6) is -2.52. The molecule has 0 aliphatic rings. The lowest BCUT2D eigenvalue weighted by molar-refractivity contribution is -0.142. The fourth-order valence-electron chi connectivity index (χ4n) is 1.83. The smallest absolute Gasteiger partial charge is 0.480 e. The molecule has 0 aliphatic carbocycles. The predicted octanol–water partition coefficient (Wildman–Crippen LogP) is -0.727. The van der Waals surface area contributed by atoms with Crippen molar-refractivity contribution in [2.45, 2.75) is 6.04 Å². The number of carboxylic acid groups (broad SMARTS) is 3. The molecule has 0 rings (SSSR count). The molecule has 0 unspecified atom stereocenters. The first kappa shape index (κ1) is 21.3. The van der Waals surface area contributed by atoms with Crippen LogP contribution in [0.15, 0.2) is 0 Å². The monoisotopic (exact) mass is 354 g/mol. The predicted molar refractivity (Wildman–Crippen MR) is 78.0 cm³/mol. The first-order valence-corrected chi connectivity index (χ1v) is 8.42. The average Bonchev–Trinajstić information content (AvgIpc) is 2.46. The van der Waals surface area contributed by atoms with Crippen molar-refractivity contribution in [1.82, 2.24) is 9.80 Å². The third-order valence-corrected chi connectivity index (χ3v) is 5.68. The highest BCUT2D eigenvalue weighted by Gasteiger charge is 2.38. The number of nitrogens with zero attached hydrogens (tertiary/aromatic N) is 2. The number of hydrogen-bond donors (Lipinski definition) is 3. The van der Waals surface area contributed by atoms with Crippen molar-refractivity contribution >= 4 is 26.8 Å². The summed E-state index contributed by atoms with van der Waals surface area (Å²) < 4.78 is 15.5. The van der Waals surface area contributed by atoms with Gasteiger partial charge in [-0.05, 0) is 0 Å². The van der Waals surface area contributed by atoms with Crippen molar-refractivity contribution in [3.63, 3.8) is 0 Å². The highest BCUT2D eigenvalue weighted by molar-refractivity contribution is 6.60. The van der Waals surface area contributed by atoms with Gasteiger partial charge in [-0.15, -0.1) is 0 Å². The van der Waals surface area contributed by atoms with Crippen LogP contribution in [0.1, 0.15) is 0 Å². The summed E-state index contributed by atoms with van der Waals surface area (Å²) >= 11 is 0. The average molecular weight is 354 g/mol. The summed E-state index contributed by atoms with van der Waals surface area (Å²) in [6.45, 7) is -1.64. The Morgan fingerprint density at radius 2 is 1.35 bits per heavy atom. The van der Waals surface area contributed by atoms with Gasteiger partial charge in [-0.1, -0.05) is 0 Å². The number of carbonyl (C=O) groups is 3. The molecule has 12 heteroatoms. The van der Waals surface area contributed by atoms with E-state index in [2.05, 4.69) is 0 Å². The second-order valence-electron chi connectivity index (χ2n) is 4.51. The Morgan fingerprint density at radius 1 is 0.913 bits per heavy atom. The van der Waals surface area contributed by atoms with Crippen LogP contribution in [0.3, 0.4) is 0 Å². The third-order valence-electron chi connectivity index (χ3n) is 2.98. The lowest BCUT2D eigenvalue weighted by atomic mass is 10.4. The summed E-state index contributed by atoms with van der Waals surface area (Å²) in [5, 5.41) is 26.7. The van der Waals surface area contributed by atoms with Crippen LogP contribution in [0.4, 0.5) is 4.79 Å². The van der Waals surface area contributed by atoms with Crippen LogP contribution in [0, 0.1) is 0 Å². The summed E-state index contributed by atoms with van der Waals surface area (Å²) in [7, 11) is 1.14. The number of rotatable bonds is 12. The van der Waals surface area contributed by atoms with Crippen LogP contribution in [-0.4, -0.2) is 99.6 Å². The van der Waals surface area contributed by atoms with E-state index in [1.807, 2.05) is 0 Å². The van der Waals surface area contributed by atoms with Gasteiger partial charge >= 0.3 is 26.8 Å². The molecular weight excluding hydrogens is 332 g/mol. The molecule has 0 aliphatic heterocycles. The molecule has 11 nitrogen and oxygen atoms in total. The minimum atomic E-state index is -3.00. The molecule has 0 fully saturated rings. The van der Waals surface area contributed by atoms with E-state index in [1.54, 1.807) is 0 Å². The topological polar surface area (TPSA) is 146 Å². The SMILES string of the molecule is CO[Si](CCN(CN(CC(=O)O)CC(=O)O)C(=O)O)(OC)OC. The van der Waals surface area contributed by atoms with E-state index >= 15 is 0 Å². The Balaban J connectivity index is 4.91. The second-order valence-corrected chi connectivity index (χ2v) is 7.60. The number of amides is 1. The van der Waals surface area contributed by atoms with Gasteiger partial charge in [0.1, 0.15) is 0 Å². The lowest BCUT2D eigenvalue weighted by Crippen LogP contribution is -2.49. The molecule has 0 atom stereocenters. The molecule has 0 saturated carbocycles. The molecule has 0 aromatic carbocycles. The van der Waals surface area contributed by atoms with Gasteiger partial charge in [-0.3, -0.25) is 19.4 Å².